The molecule has 0 unspecified atom stereocenters. The molecule has 1 aliphatic heterocycles. The third-order valence-corrected chi connectivity index (χ3v) is 4.16. The fourth-order valence-corrected chi connectivity index (χ4v) is 2.77. The highest BCUT2D eigenvalue weighted by molar-refractivity contribution is 5.77. The van der Waals surface area contributed by atoms with Gasteiger partial charge in [-0.2, -0.15) is 0 Å². The maximum Gasteiger partial charge on any atom is 0.222 e. The standard InChI is InChI=1S/C13H24N2O2/c1-17-13(6-3-7-13)10-12(16)15-9-5-11-4-2-8-14-11/h11,14H,2-10H2,1H3,(H,15,16)/t11-/m0/s1. The van der Waals surface area contributed by atoms with Crippen LogP contribution in [-0.2, 0) is 9.53 Å². The second-order valence-corrected chi connectivity index (χ2v) is 5.35. The van der Waals surface area contributed by atoms with E-state index < -0.39 is 0 Å². The van der Waals surface area contributed by atoms with E-state index >= 15 is 0 Å². The minimum Gasteiger partial charge on any atom is -0.378 e. The molecule has 2 rings (SSSR count). The van der Waals surface area contributed by atoms with Crippen LogP contribution in [0.1, 0.15) is 44.9 Å². The van der Waals surface area contributed by atoms with E-state index in [4.69, 9.17) is 4.74 Å². The Hall–Kier alpha value is -0.610. The maximum absolute atomic E-state index is 11.8. The fraction of sp³-hybridized carbons (Fsp3) is 0.923. The summed E-state index contributed by atoms with van der Waals surface area (Å²) >= 11 is 0. The summed E-state index contributed by atoms with van der Waals surface area (Å²) in [6.07, 6.45) is 7.34. The molecule has 0 radical (unpaired) electrons. The van der Waals surface area contributed by atoms with Crippen LogP contribution in [0.3, 0.4) is 0 Å². The van der Waals surface area contributed by atoms with E-state index in [9.17, 15) is 4.79 Å². The number of hydrogen-bond acceptors (Lipinski definition) is 3. The first-order valence-corrected chi connectivity index (χ1v) is 6.79. The monoisotopic (exact) mass is 240 g/mol. The van der Waals surface area contributed by atoms with Crippen LogP contribution in [0.4, 0.5) is 0 Å². The van der Waals surface area contributed by atoms with E-state index in [0.29, 0.717) is 12.5 Å². The summed E-state index contributed by atoms with van der Waals surface area (Å²) in [5, 5.41) is 6.44. The molecule has 0 bridgehead atoms. The third-order valence-electron chi connectivity index (χ3n) is 4.16. The van der Waals surface area contributed by atoms with Crippen molar-refractivity contribution in [2.24, 2.45) is 0 Å². The molecule has 0 aromatic heterocycles. The smallest absolute Gasteiger partial charge is 0.222 e. The van der Waals surface area contributed by atoms with Gasteiger partial charge in [-0.15, -0.1) is 0 Å². The Balaban J connectivity index is 1.60. The van der Waals surface area contributed by atoms with E-state index in [1.54, 1.807) is 7.11 Å². The second-order valence-electron chi connectivity index (χ2n) is 5.35. The van der Waals surface area contributed by atoms with E-state index in [-0.39, 0.29) is 11.5 Å². The summed E-state index contributed by atoms with van der Waals surface area (Å²) in [5.74, 6) is 0.143. The van der Waals surface area contributed by atoms with Gasteiger partial charge in [0.15, 0.2) is 0 Å². The first kappa shape index (κ1) is 12.8. The zero-order valence-electron chi connectivity index (χ0n) is 10.8. The molecule has 1 heterocycles. The zero-order valence-corrected chi connectivity index (χ0v) is 10.8. The minimum absolute atomic E-state index is 0.143. The van der Waals surface area contributed by atoms with Crippen molar-refractivity contribution in [2.75, 3.05) is 20.2 Å². The van der Waals surface area contributed by atoms with E-state index in [1.165, 1.54) is 19.3 Å². The zero-order chi connectivity index (χ0) is 12.1. The molecule has 1 saturated carbocycles. The topological polar surface area (TPSA) is 50.4 Å². The summed E-state index contributed by atoms with van der Waals surface area (Å²) in [7, 11) is 1.72. The number of nitrogens with one attached hydrogen (secondary N) is 2. The van der Waals surface area contributed by atoms with E-state index in [0.717, 1.165) is 32.4 Å². The van der Waals surface area contributed by atoms with Gasteiger partial charge in [-0.25, -0.2) is 0 Å². The van der Waals surface area contributed by atoms with Gasteiger partial charge in [0.2, 0.25) is 5.91 Å². The highest BCUT2D eigenvalue weighted by Crippen LogP contribution is 2.37. The van der Waals surface area contributed by atoms with E-state index in [2.05, 4.69) is 10.6 Å². The van der Waals surface area contributed by atoms with Crippen molar-refractivity contribution < 1.29 is 9.53 Å². The highest BCUT2D eigenvalue weighted by Gasteiger charge is 2.38. The molecule has 2 N–H and O–H groups in total. The van der Waals surface area contributed by atoms with Crippen LogP contribution in [0, 0.1) is 0 Å². The Morgan fingerprint density at radius 2 is 2.29 bits per heavy atom. The Morgan fingerprint density at radius 1 is 1.47 bits per heavy atom. The van der Waals surface area contributed by atoms with Crippen molar-refractivity contribution >= 4 is 5.91 Å². The van der Waals surface area contributed by atoms with Crippen molar-refractivity contribution in [3.63, 3.8) is 0 Å². The number of hydrogen-bond donors (Lipinski definition) is 2. The van der Waals surface area contributed by atoms with Gasteiger partial charge in [0.1, 0.15) is 0 Å². The lowest BCUT2D eigenvalue weighted by atomic mass is 9.77. The van der Waals surface area contributed by atoms with Gasteiger partial charge in [-0.05, 0) is 45.1 Å². The van der Waals surface area contributed by atoms with Gasteiger partial charge < -0.3 is 15.4 Å². The predicted molar refractivity (Wildman–Crippen MR) is 66.9 cm³/mol. The summed E-state index contributed by atoms with van der Waals surface area (Å²) in [6.45, 7) is 1.92. The molecule has 0 aromatic rings. The molecular weight excluding hydrogens is 216 g/mol. The number of amides is 1. The number of ether oxygens (including phenoxy) is 1. The van der Waals surface area contributed by atoms with Crippen molar-refractivity contribution in [2.45, 2.75) is 56.6 Å². The molecule has 4 heteroatoms. The Kier molecular flexibility index (Phi) is 4.40. The summed E-state index contributed by atoms with van der Waals surface area (Å²) in [5.41, 5.74) is -0.143. The molecule has 2 fully saturated rings. The first-order valence-electron chi connectivity index (χ1n) is 6.79. The largest absolute Gasteiger partial charge is 0.378 e. The van der Waals surface area contributed by atoms with Gasteiger partial charge in [-0.1, -0.05) is 0 Å². The maximum atomic E-state index is 11.8. The van der Waals surface area contributed by atoms with Gasteiger partial charge in [-0.3, -0.25) is 4.79 Å². The summed E-state index contributed by atoms with van der Waals surface area (Å²) in [6, 6.07) is 0.607. The van der Waals surface area contributed by atoms with Crippen molar-refractivity contribution in [3.8, 4) is 0 Å². The van der Waals surface area contributed by atoms with Crippen LogP contribution in [0.5, 0.6) is 0 Å². The SMILES string of the molecule is COC1(CC(=O)NCC[C@@H]2CCCN2)CCC1. The predicted octanol–water partition coefficient (Wildman–Crippen LogP) is 1.20. The van der Waals surface area contributed by atoms with Crippen molar-refractivity contribution in [3.05, 3.63) is 0 Å². The van der Waals surface area contributed by atoms with Gasteiger partial charge >= 0.3 is 0 Å². The van der Waals surface area contributed by atoms with E-state index in [1.807, 2.05) is 0 Å². The van der Waals surface area contributed by atoms with Crippen LogP contribution in [0.25, 0.3) is 0 Å². The molecule has 1 saturated heterocycles. The van der Waals surface area contributed by atoms with Crippen molar-refractivity contribution in [1.29, 1.82) is 0 Å². The third kappa shape index (κ3) is 3.42. The second kappa shape index (κ2) is 5.83. The quantitative estimate of drug-likeness (QED) is 0.733. The van der Waals surface area contributed by atoms with Crippen LogP contribution < -0.4 is 10.6 Å². The van der Waals surface area contributed by atoms with Crippen LogP contribution in [-0.4, -0.2) is 37.7 Å². The molecule has 1 aliphatic carbocycles. The Labute approximate surface area is 103 Å². The van der Waals surface area contributed by atoms with Crippen LogP contribution in [0.2, 0.25) is 0 Å². The summed E-state index contributed by atoms with van der Waals surface area (Å²) < 4.78 is 5.45. The van der Waals surface area contributed by atoms with Crippen molar-refractivity contribution in [1.82, 2.24) is 10.6 Å². The molecule has 17 heavy (non-hydrogen) atoms. The van der Waals surface area contributed by atoms with Crippen LogP contribution in [0.15, 0.2) is 0 Å². The average molecular weight is 240 g/mol. The lowest BCUT2D eigenvalue weighted by molar-refractivity contribution is -0.134. The van der Waals surface area contributed by atoms with Crippen LogP contribution >= 0.6 is 0 Å². The molecule has 98 valence electrons. The Morgan fingerprint density at radius 3 is 2.82 bits per heavy atom. The lowest BCUT2D eigenvalue weighted by Gasteiger charge is -2.39. The number of carbonyl (C=O) groups is 1. The first-order chi connectivity index (χ1) is 8.24. The fourth-order valence-electron chi connectivity index (χ4n) is 2.77. The average Bonchev–Trinajstić information content (AvgIpc) is 2.76. The Bertz CT molecular complexity index is 253. The number of methoxy groups -OCH3 is 1. The molecule has 1 amide bonds. The molecule has 2 aliphatic rings. The number of carbonyl (C=O) groups excluding carboxylic acids is 1. The van der Waals surface area contributed by atoms with Gasteiger partial charge in [0, 0.05) is 19.7 Å². The van der Waals surface area contributed by atoms with Gasteiger partial charge in [0.05, 0.1) is 12.0 Å². The molecule has 0 aromatic carbocycles. The molecule has 1 atom stereocenters. The molecular formula is C13H24N2O2. The normalized spacial score (nSPS) is 26.5. The molecule has 0 spiro atoms. The summed E-state index contributed by atoms with van der Waals surface area (Å²) in [4.78, 5) is 11.8. The van der Waals surface area contributed by atoms with Gasteiger partial charge in [0.25, 0.3) is 0 Å². The number of rotatable bonds is 6. The minimum atomic E-state index is -0.143. The highest BCUT2D eigenvalue weighted by atomic mass is 16.5. The lowest BCUT2D eigenvalue weighted by Crippen LogP contribution is -2.44. The molecule has 4 nitrogen and oxygen atoms in total.